The summed E-state index contributed by atoms with van der Waals surface area (Å²) in [5.74, 6) is 2.28. The molecule has 0 atom stereocenters. The van der Waals surface area contributed by atoms with E-state index in [1.165, 1.54) is 12.8 Å². The fourth-order valence-corrected chi connectivity index (χ4v) is 3.87. The first-order valence-electron chi connectivity index (χ1n) is 9.96. The van der Waals surface area contributed by atoms with Gasteiger partial charge in [-0.15, -0.1) is 0 Å². The van der Waals surface area contributed by atoms with Crippen LogP contribution in [0.2, 0.25) is 0 Å². The van der Waals surface area contributed by atoms with E-state index in [0.717, 1.165) is 52.1 Å². The highest BCUT2D eigenvalue weighted by atomic mass is 15.2. The molecule has 0 amide bonds. The highest BCUT2D eigenvalue weighted by Gasteiger charge is 2.15. The third kappa shape index (κ3) is 2.91. The number of nitrogens with one attached hydrogen (secondary N) is 3. The molecule has 148 valence electrons. The Kier molecular flexibility index (Phi) is 3.83. The monoisotopic (exact) mass is 397 g/mol. The van der Waals surface area contributed by atoms with Crippen molar-refractivity contribution in [2.24, 2.45) is 0 Å². The fourth-order valence-electron chi connectivity index (χ4n) is 3.87. The van der Waals surface area contributed by atoms with Crippen LogP contribution in [0.3, 0.4) is 0 Å². The van der Waals surface area contributed by atoms with Crippen LogP contribution < -0.4 is 10.2 Å². The van der Waals surface area contributed by atoms with Crippen molar-refractivity contribution in [3.8, 4) is 11.4 Å². The summed E-state index contributed by atoms with van der Waals surface area (Å²) in [6, 6.07) is 10.1. The summed E-state index contributed by atoms with van der Waals surface area (Å²) < 4.78 is 0. The zero-order valence-corrected chi connectivity index (χ0v) is 16.1. The number of rotatable bonds is 4. The van der Waals surface area contributed by atoms with E-state index in [-0.39, 0.29) is 0 Å². The number of pyridine rings is 1. The lowest BCUT2D eigenvalue weighted by Gasteiger charge is -2.16. The number of anilines is 3. The van der Waals surface area contributed by atoms with E-state index >= 15 is 0 Å². The van der Waals surface area contributed by atoms with Crippen molar-refractivity contribution in [1.29, 1.82) is 0 Å². The van der Waals surface area contributed by atoms with Gasteiger partial charge in [0.15, 0.2) is 11.6 Å². The largest absolute Gasteiger partial charge is 0.357 e. The maximum Gasteiger partial charge on any atom is 0.163 e. The molecule has 30 heavy (non-hydrogen) atoms. The minimum atomic E-state index is 0.608. The predicted octanol–water partition coefficient (Wildman–Crippen LogP) is 3.64. The van der Waals surface area contributed by atoms with Crippen LogP contribution in [-0.2, 0) is 0 Å². The lowest BCUT2D eigenvalue weighted by molar-refractivity contribution is 0.937. The molecule has 0 radical (unpaired) electrons. The zero-order valence-electron chi connectivity index (χ0n) is 16.1. The van der Waals surface area contributed by atoms with Crippen molar-refractivity contribution >= 4 is 39.3 Å². The van der Waals surface area contributed by atoms with Gasteiger partial charge in [0.2, 0.25) is 0 Å². The lowest BCUT2D eigenvalue weighted by atomic mass is 10.2. The van der Waals surface area contributed by atoms with Crippen LogP contribution in [0.15, 0.2) is 48.9 Å². The third-order valence-corrected chi connectivity index (χ3v) is 5.44. The number of nitrogens with zero attached hydrogens (tertiary/aromatic N) is 6. The van der Waals surface area contributed by atoms with Crippen molar-refractivity contribution in [3.63, 3.8) is 0 Å². The van der Waals surface area contributed by atoms with Gasteiger partial charge >= 0.3 is 0 Å². The number of aromatic amines is 2. The highest BCUT2D eigenvalue weighted by Crippen LogP contribution is 2.28. The number of hydrogen-bond acceptors (Lipinski definition) is 7. The average molecular weight is 397 g/mol. The van der Waals surface area contributed by atoms with Crippen molar-refractivity contribution in [2.45, 2.75) is 12.8 Å². The first kappa shape index (κ1) is 16.9. The van der Waals surface area contributed by atoms with Crippen LogP contribution in [0.5, 0.6) is 0 Å². The van der Waals surface area contributed by atoms with Gasteiger partial charge in [0.25, 0.3) is 0 Å². The molecule has 3 N–H and O–H groups in total. The van der Waals surface area contributed by atoms with Crippen LogP contribution in [0.1, 0.15) is 12.8 Å². The molecule has 1 aromatic carbocycles. The van der Waals surface area contributed by atoms with E-state index in [0.29, 0.717) is 11.6 Å². The lowest BCUT2D eigenvalue weighted by Crippen LogP contribution is -2.18. The minimum Gasteiger partial charge on any atom is -0.357 e. The van der Waals surface area contributed by atoms with Crippen molar-refractivity contribution in [2.75, 3.05) is 23.3 Å². The van der Waals surface area contributed by atoms with Crippen molar-refractivity contribution in [1.82, 2.24) is 35.3 Å². The van der Waals surface area contributed by atoms with Crippen LogP contribution in [-0.4, -0.2) is 48.4 Å². The molecule has 1 aliphatic rings. The molecule has 1 fully saturated rings. The number of H-pyrrole nitrogens is 2. The van der Waals surface area contributed by atoms with Crippen LogP contribution >= 0.6 is 0 Å². The molecule has 5 heterocycles. The molecular weight excluding hydrogens is 378 g/mol. The first-order valence-corrected chi connectivity index (χ1v) is 9.96. The molecule has 9 heteroatoms. The molecule has 0 saturated carbocycles. The second kappa shape index (κ2) is 6.80. The van der Waals surface area contributed by atoms with Gasteiger partial charge in [-0.25, -0.2) is 15.0 Å². The van der Waals surface area contributed by atoms with E-state index in [4.69, 9.17) is 4.98 Å². The molecule has 0 aliphatic carbocycles. The van der Waals surface area contributed by atoms with Crippen LogP contribution in [0.4, 0.5) is 17.3 Å². The van der Waals surface area contributed by atoms with Crippen LogP contribution in [0, 0.1) is 0 Å². The molecule has 6 rings (SSSR count). The second-order valence-corrected chi connectivity index (χ2v) is 7.42. The Labute approximate surface area is 171 Å². The van der Waals surface area contributed by atoms with Crippen molar-refractivity contribution < 1.29 is 0 Å². The maximum absolute atomic E-state index is 4.76. The van der Waals surface area contributed by atoms with Gasteiger partial charge in [0.1, 0.15) is 16.9 Å². The molecule has 9 nitrogen and oxygen atoms in total. The Hall–Kier alpha value is -4.01. The normalized spacial score (nSPS) is 14.1. The topological polar surface area (TPSA) is 111 Å². The summed E-state index contributed by atoms with van der Waals surface area (Å²) in [4.78, 5) is 16.4. The molecule has 0 spiro atoms. The van der Waals surface area contributed by atoms with E-state index in [1.807, 2.05) is 36.5 Å². The summed E-state index contributed by atoms with van der Waals surface area (Å²) >= 11 is 0. The van der Waals surface area contributed by atoms with E-state index in [2.05, 4.69) is 40.6 Å². The SMILES string of the molecule is c1cc2[nH]ncc2cc1Nc1nc(-c2ccc(N3CCCC3)nc2)nc2cn[nH]c12. The quantitative estimate of drug-likeness (QED) is 0.424. The van der Waals surface area contributed by atoms with Gasteiger partial charge < -0.3 is 10.2 Å². The maximum atomic E-state index is 4.76. The summed E-state index contributed by atoms with van der Waals surface area (Å²) in [6.07, 6.45) is 7.80. The van der Waals surface area contributed by atoms with Gasteiger partial charge in [-0.05, 0) is 43.2 Å². The Morgan fingerprint density at radius 1 is 0.900 bits per heavy atom. The first-order chi connectivity index (χ1) is 14.8. The number of benzene rings is 1. The molecule has 1 saturated heterocycles. The minimum absolute atomic E-state index is 0.608. The van der Waals surface area contributed by atoms with Crippen molar-refractivity contribution in [3.05, 3.63) is 48.9 Å². The van der Waals surface area contributed by atoms with Gasteiger partial charge in [-0.3, -0.25) is 10.2 Å². The molecule has 4 aromatic heterocycles. The third-order valence-electron chi connectivity index (χ3n) is 5.44. The molecule has 1 aliphatic heterocycles. The molecule has 0 unspecified atom stereocenters. The van der Waals surface area contributed by atoms with E-state index in [9.17, 15) is 0 Å². The smallest absolute Gasteiger partial charge is 0.163 e. The summed E-state index contributed by atoms with van der Waals surface area (Å²) in [5, 5.41) is 18.6. The standard InChI is InChI=1S/C21H19N9/c1-2-8-30(7-1)18-6-3-13(10-22-18)20-26-17-12-24-29-19(17)21(27-20)25-15-4-5-16-14(9-15)11-23-28-16/h3-6,9-12H,1-2,7-8H2,(H,23,28)(H,24,29)(H,25,26,27). The molecule has 0 bridgehead atoms. The summed E-state index contributed by atoms with van der Waals surface area (Å²) in [5.41, 5.74) is 4.27. The Morgan fingerprint density at radius 3 is 2.67 bits per heavy atom. The number of hydrogen-bond donors (Lipinski definition) is 3. The molecule has 5 aromatic rings. The average Bonchev–Trinajstić information content (AvgIpc) is 3.54. The van der Waals surface area contributed by atoms with Crippen LogP contribution in [0.25, 0.3) is 33.3 Å². The predicted molar refractivity (Wildman–Crippen MR) is 116 cm³/mol. The summed E-state index contributed by atoms with van der Waals surface area (Å²) in [7, 11) is 0. The summed E-state index contributed by atoms with van der Waals surface area (Å²) in [6.45, 7) is 2.14. The second-order valence-electron chi connectivity index (χ2n) is 7.42. The molecular formula is C21H19N9. The Balaban J connectivity index is 1.37. The number of fused-ring (bicyclic) bond motifs is 2. The highest BCUT2D eigenvalue weighted by molar-refractivity contribution is 5.90. The Bertz CT molecular complexity index is 1330. The van der Waals surface area contributed by atoms with Gasteiger partial charge in [-0.2, -0.15) is 10.2 Å². The van der Waals surface area contributed by atoms with Gasteiger partial charge in [-0.1, -0.05) is 0 Å². The van der Waals surface area contributed by atoms with E-state index in [1.54, 1.807) is 12.4 Å². The van der Waals surface area contributed by atoms with Gasteiger partial charge in [0, 0.05) is 35.9 Å². The zero-order chi connectivity index (χ0) is 19.9. The Morgan fingerprint density at radius 2 is 1.80 bits per heavy atom. The van der Waals surface area contributed by atoms with E-state index < -0.39 is 0 Å². The fraction of sp³-hybridized carbons (Fsp3) is 0.190. The number of aromatic nitrogens is 7. The van der Waals surface area contributed by atoms with Gasteiger partial charge in [0.05, 0.1) is 17.9 Å².